The molecule has 2 N–H and O–H groups in total. The molecule has 7 heteroatoms. The third kappa shape index (κ3) is 5.44. The highest BCUT2D eigenvalue weighted by Gasteiger charge is 2.33. The van der Waals surface area contributed by atoms with Gasteiger partial charge >= 0.3 is 0 Å². The van der Waals surface area contributed by atoms with Crippen LogP contribution in [-0.2, 0) is 11.3 Å². The van der Waals surface area contributed by atoms with Crippen LogP contribution in [0, 0.1) is 12.3 Å². The van der Waals surface area contributed by atoms with E-state index in [2.05, 4.69) is 53.5 Å². The molecule has 0 bridgehead atoms. The summed E-state index contributed by atoms with van der Waals surface area (Å²) in [4.78, 5) is 9.13. The van der Waals surface area contributed by atoms with Gasteiger partial charge in [0.2, 0.25) is 5.89 Å². The van der Waals surface area contributed by atoms with E-state index in [0.29, 0.717) is 12.4 Å². The van der Waals surface area contributed by atoms with Crippen molar-refractivity contribution < 1.29 is 9.15 Å². The Kier molecular flexibility index (Phi) is 7.45. The van der Waals surface area contributed by atoms with Gasteiger partial charge in [-0.1, -0.05) is 24.6 Å². The Morgan fingerprint density at radius 3 is 2.58 bits per heavy atom. The topological polar surface area (TPSA) is 71.7 Å². The second-order valence-electron chi connectivity index (χ2n) is 6.86. The Morgan fingerprint density at radius 1 is 1.23 bits per heavy atom. The van der Waals surface area contributed by atoms with Crippen molar-refractivity contribution in [1.29, 1.82) is 0 Å². The predicted octanol–water partition coefficient (Wildman–Crippen LogP) is 3.36. The lowest BCUT2D eigenvalue weighted by Crippen LogP contribution is -2.51. The number of hydrogen-bond acceptors (Lipinski definition) is 4. The molecule has 0 amide bonds. The highest BCUT2D eigenvalue weighted by molar-refractivity contribution is 14.0. The monoisotopic (exact) mass is 470 g/mol. The molecule has 3 rings (SSSR count). The highest BCUT2D eigenvalue weighted by atomic mass is 127. The van der Waals surface area contributed by atoms with Gasteiger partial charge in [0, 0.05) is 24.1 Å². The maximum Gasteiger partial charge on any atom is 0.226 e. The van der Waals surface area contributed by atoms with E-state index in [4.69, 9.17) is 9.15 Å². The standard InChI is InChI=1S/C19H26N4O2.HI/c1-4-20-18(22-11-19(3)12-24-13-19)21-9-16-10-25-17(23-16)15-7-5-14(2)6-8-15;/h5-8,10H,4,9,11-13H2,1-3H3,(H2,20,21,22);1H. The van der Waals surface area contributed by atoms with Crippen molar-refractivity contribution in [3.63, 3.8) is 0 Å². The summed E-state index contributed by atoms with van der Waals surface area (Å²) in [6.07, 6.45) is 1.67. The Bertz CT molecular complexity index is 723. The number of oxazole rings is 1. The molecule has 1 aliphatic heterocycles. The first-order valence-corrected chi connectivity index (χ1v) is 8.69. The smallest absolute Gasteiger partial charge is 0.226 e. The van der Waals surface area contributed by atoms with Crippen LogP contribution < -0.4 is 10.6 Å². The van der Waals surface area contributed by atoms with Gasteiger partial charge in [0.1, 0.15) is 12.0 Å². The third-order valence-corrected chi connectivity index (χ3v) is 4.18. The van der Waals surface area contributed by atoms with Gasteiger partial charge in [-0.3, -0.25) is 0 Å². The molecule has 1 aromatic heterocycles. The second-order valence-corrected chi connectivity index (χ2v) is 6.86. The van der Waals surface area contributed by atoms with E-state index in [9.17, 15) is 0 Å². The molecule has 0 spiro atoms. The lowest BCUT2D eigenvalue weighted by molar-refractivity contribution is -0.0971. The zero-order chi connectivity index (χ0) is 17.7. The van der Waals surface area contributed by atoms with Gasteiger partial charge in [0.05, 0.1) is 19.8 Å². The predicted molar refractivity (Wildman–Crippen MR) is 114 cm³/mol. The molecule has 6 nitrogen and oxygen atoms in total. The minimum atomic E-state index is 0. The number of nitrogens with one attached hydrogen (secondary N) is 2. The minimum absolute atomic E-state index is 0. The first kappa shape index (κ1) is 20.7. The summed E-state index contributed by atoms with van der Waals surface area (Å²) in [5.41, 5.74) is 3.20. The van der Waals surface area contributed by atoms with Crippen LogP contribution in [0.25, 0.3) is 11.5 Å². The highest BCUT2D eigenvalue weighted by Crippen LogP contribution is 2.25. The summed E-state index contributed by atoms with van der Waals surface area (Å²) in [7, 11) is 0. The molecule has 1 aliphatic rings. The van der Waals surface area contributed by atoms with Crippen LogP contribution in [0.15, 0.2) is 39.9 Å². The van der Waals surface area contributed by atoms with Crippen LogP contribution in [0.2, 0.25) is 0 Å². The SMILES string of the molecule is CCNC(=NCc1coc(-c2ccc(C)cc2)n1)NCC1(C)COC1.I. The van der Waals surface area contributed by atoms with Gasteiger partial charge in [-0.25, -0.2) is 9.98 Å². The van der Waals surface area contributed by atoms with Crippen LogP contribution in [0.4, 0.5) is 0 Å². The number of nitrogens with zero attached hydrogens (tertiary/aromatic N) is 2. The summed E-state index contributed by atoms with van der Waals surface area (Å²) in [6, 6.07) is 8.13. The lowest BCUT2D eigenvalue weighted by atomic mass is 9.89. The van der Waals surface area contributed by atoms with Crippen molar-refractivity contribution in [2.24, 2.45) is 10.4 Å². The molecular formula is C19H27IN4O2. The number of benzene rings is 1. The van der Waals surface area contributed by atoms with E-state index < -0.39 is 0 Å². The summed E-state index contributed by atoms with van der Waals surface area (Å²) in [5.74, 6) is 1.41. The average Bonchev–Trinajstić information content (AvgIpc) is 3.05. The van der Waals surface area contributed by atoms with Crippen molar-refractivity contribution in [2.45, 2.75) is 27.3 Å². The first-order chi connectivity index (χ1) is 12.1. The molecule has 2 aromatic rings. The normalized spacial score (nSPS) is 15.7. The summed E-state index contributed by atoms with van der Waals surface area (Å²) in [5, 5.41) is 6.64. The molecule has 1 fully saturated rings. The van der Waals surface area contributed by atoms with Crippen LogP contribution >= 0.6 is 24.0 Å². The second kappa shape index (κ2) is 9.36. The number of aryl methyl sites for hydroxylation is 1. The molecule has 0 atom stereocenters. The summed E-state index contributed by atoms with van der Waals surface area (Å²) < 4.78 is 10.9. The Balaban J connectivity index is 0.00000243. The van der Waals surface area contributed by atoms with Gasteiger partial charge < -0.3 is 19.8 Å². The fraction of sp³-hybridized carbons (Fsp3) is 0.474. The number of ether oxygens (including phenoxy) is 1. The minimum Gasteiger partial charge on any atom is -0.444 e. The number of aliphatic imine (C=N–C) groups is 1. The molecule has 0 unspecified atom stereocenters. The Morgan fingerprint density at radius 2 is 1.96 bits per heavy atom. The number of guanidine groups is 1. The Labute approximate surface area is 171 Å². The number of halogens is 1. The fourth-order valence-electron chi connectivity index (χ4n) is 2.56. The number of aromatic nitrogens is 1. The van der Waals surface area contributed by atoms with E-state index >= 15 is 0 Å². The van der Waals surface area contributed by atoms with Crippen molar-refractivity contribution in [1.82, 2.24) is 15.6 Å². The molecule has 142 valence electrons. The fourth-order valence-corrected chi connectivity index (χ4v) is 2.56. The van der Waals surface area contributed by atoms with Gasteiger partial charge in [-0.2, -0.15) is 0 Å². The molecule has 0 saturated carbocycles. The van der Waals surface area contributed by atoms with Gasteiger partial charge in [0.15, 0.2) is 5.96 Å². The third-order valence-electron chi connectivity index (χ3n) is 4.18. The quantitative estimate of drug-likeness (QED) is 0.385. The maximum atomic E-state index is 5.59. The van der Waals surface area contributed by atoms with Crippen molar-refractivity contribution >= 4 is 29.9 Å². The summed E-state index contributed by atoms with van der Waals surface area (Å²) >= 11 is 0. The maximum absolute atomic E-state index is 5.59. The van der Waals surface area contributed by atoms with Gasteiger partial charge in [-0.05, 0) is 26.0 Å². The molecular weight excluding hydrogens is 443 g/mol. The van der Waals surface area contributed by atoms with Crippen LogP contribution in [0.1, 0.15) is 25.1 Å². The van der Waals surface area contributed by atoms with Crippen LogP contribution in [0.5, 0.6) is 0 Å². The van der Waals surface area contributed by atoms with E-state index in [1.807, 2.05) is 12.1 Å². The Hall–Kier alpha value is -1.61. The van der Waals surface area contributed by atoms with Gasteiger partial charge in [0.25, 0.3) is 0 Å². The molecule has 1 saturated heterocycles. The van der Waals surface area contributed by atoms with Crippen molar-refractivity contribution in [2.75, 3.05) is 26.3 Å². The van der Waals surface area contributed by atoms with Crippen LogP contribution in [0.3, 0.4) is 0 Å². The molecule has 26 heavy (non-hydrogen) atoms. The number of rotatable bonds is 6. The molecule has 0 radical (unpaired) electrons. The molecule has 2 heterocycles. The van der Waals surface area contributed by atoms with Gasteiger partial charge in [-0.15, -0.1) is 24.0 Å². The zero-order valence-corrected chi connectivity index (χ0v) is 17.9. The first-order valence-electron chi connectivity index (χ1n) is 8.69. The van der Waals surface area contributed by atoms with E-state index in [-0.39, 0.29) is 29.4 Å². The van der Waals surface area contributed by atoms with Crippen molar-refractivity contribution in [3.8, 4) is 11.5 Å². The zero-order valence-electron chi connectivity index (χ0n) is 15.5. The summed E-state index contributed by atoms with van der Waals surface area (Å²) in [6.45, 7) is 10.0. The van der Waals surface area contributed by atoms with Crippen LogP contribution in [-0.4, -0.2) is 37.2 Å². The van der Waals surface area contributed by atoms with E-state index in [1.165, 1.54) is 5.56 Å². The lowest BCUT2D eigenvalue weighted by Gasteiger charge is -2.38. The van der Waals surface area contributed by atoms with E-state index in [0.717, 1.165) is 43.5 Å². The van der Waals surface area contributed by atoms with E-state index in [1.54, 1.807) is 6.26 Å². The number of hydrogen-bond donors (Lipinski definition) is 2. The largest absolute Gasteiger partial charge is 0.444 e. The average molecular weight is 470 g/mol. The molecule has 1 aromatic carbocycles. The molecule has 0 aliphatic carbocycles. The van der Waals surface area contributed by atoms with Crippen molar-refractivity contribution in [3.05, 3.63) is 41.8 Å².